The van der Waals surface area contributed by atoms with Gasteiger partial charge in [0, 0.05) is 12.1 Å². The molecule has 2 nitrogen and oxygen atoms in total. The third-order valence-corrected chi connectivity index (χ3v) is 16.9. The maximum absolute atomic E-state index is 4.37. The molecule has 8 heteroatoms. The average molecular weight is 909 g/mol. The molecule has 0 aliphatic carbocycles. The van der Waals surface area contributed by atoms with Crippen molar-refractivity contribution in [2.75, 3.05) is 12.3 Å². The van der Waals surface area contributed by atoms with E-state index in [-0.39, 0.29) is 66.1 Å². The number of aryl methyl sites for hydroxylation is 8. The minimum Gasteiger partial charge on any atom is -0.305 e. The van der Waals surface area contributed by atoms with E-state index in [1.165, 1.54) is 88.0 Å². The van der Waals surface area contributed by atoms with Crippen LogP contribution in [0.4, 0.5) is 0 Å². The summed E-state index contributed by atoms with van der Waals surface area (Å²) in [5, 5.41) is 14.7. The highest BCUT2D eigenvalue weighted by atomic mass is 32.1. The Morgan fingerprint density at radius 2 is 0.633 bits per heavy atom. The fourth-order valence-corrected chi connectivity index (χ4v) is 15.4. The summed E-state index contributed by atoms with van der Waals surface area (Å²) in [7, 11) is -1.16. The highest BCUT2D eigenvalue weighted by Gasteiger charge is 2.38. The zero-order chi connectivity index (χ0) is 39.1. The van der Waals surface area contributed by atoms with Gasteiger partial charge < -0.3 is 10.6 Å². The number of rotatable bonds is 9. The van der Waals surface area contributed by atoms with Crippen LogP contribution >= 0.6 is 69.8 Å². The first kappa shape index (κ1) is 50.1. The molecule has 2 N–H and O–H groups in total. The van der Waals surface area contributed by atoms with Gasteiger partial charge in [-0.3, -0.25) is 0 Å². The Bertz CT molecular complexity index is 2050. The Labute approximate surface area is 391 Å². The van der Waals surface area contributed by atoms with E-state index >= 15 is 0 Å². The monoisotopic (exact) mass is 908 g/mol. The number of fused-ring (bicyclic) bond motifs is 2. The molecule has 2 heterocycles. The summed E-state index contributed by atoms with van der Waals surface area (Å²) < 4.78 is 0. The lowest BCUT2D eigenvalue weighted by atomic mass is 9.80. The van der Waals surface area contributed by atoms with Gasteiger partial charge in [-0.05, 0) is 140 Å². The Kier molecular flexibility index (Phi) is 18.2. The lowest BCUT2D eigenvalue weighted by molar-refractivity contribution is 0.300. The predicted octanol–water partition coefficient (Wildman–Crippen LogP) is 10.7. The molecule has 0 aromatic heterocycles. The van der Waals surface area contributed by atoms with Crippen LogP contribution < -0.4 is 31.9 Å². The molecule has 4 atom stereocenters. The maximum Gasteiger partial charge on any atom is 0.0523 e. The molecule has 0 spiro atoms. The highest BCUT2D eigenvalue weighted by molar-refractivity contribution is 7.73. The van der Waals surface area contributed by atoms with Crippen molar-refractivity contribution in [3.05, 3.63) is 188 Å². The van der Waals surface area contributed by atoms with E-state index in [1.54, 1.807) is 0 Å². The zero-order valence-electron chi connectivity index (χ0n) is 36.6. The van der Waals surface area contributed by atoms with Crippen molar-refractivity contribution in [2.24, 2.45) is 0 Å². The largest absolute Gasteiger partial charge is 0.305 e. The molecule has 318 valence electrons. The van der Waals surface area contributed by atoms with Crippen LogP contribution in [0.25, 0.3) is 0 Å². The van der Waals surface area contributed by atoms with E-state index in [0.717, 1.165) is 25.2 Å². The van der Waals surface area contributed by atoms with Crippen molar-refractivity contribution < 1.29 is 0 Å². The Hall–Kier alpha value is -2.50. The van der Waals surface area contributed by atoms with Crippen LogP contribution in [0.3, 0.4) is 0 Å². The van der Waals surface area contributed by atoms with Crippen LogP contribution in [-0.4, -0.2) is 24.4 Å². The minimum absolute atomic E-state index is 0. The summed E-state index contributed by atoms with van der Waals surface area (Å²) in [4.78, 5) is 0. The second kappa shape index (κ2) is 21.7. The summed E-state index contributed by atoms with van der Waals surface area (Å²) >= 11 is 0. The number of nitrogens with one attached hydrogen (secondary N) is 2. The molecule has 0 unspecified atom stereocenters. The molecule has 60 heavy (non-hydrogen) atoms. The second-order valence-electron chi connectivity index (χ2n) is 17.1. The van der Waals surface area contributed by atoms with Crippen LogP contribution in [0.1, 0.15) is 78.8 Å². The van der Waals surface area contributed by atoms with Gasteiger partial charge in [0.15, 0.2) is 0 Å². The van der Waals surface area contributed by atoms with Gasteiger partial charge in [0.25, 0.3) is 0 Å². The van der Waals surface area contributed by atoms with Gasteiger partial charge in [-0.1, -0.05) is 166 Å². The van der Waals surface area contributed by atoms with Gasteiger partial charge in [-0.25, -0.2) is 0 Å². The van der Waals surface area contributed by atoms with E-state index in [4.69, 9.17) is 0 Å². The van der Waals surface area contributed by atoms with Crippen molar-refractivity contribution in [3.8, 4) is 0 Å². The van der Waals surface area contributed by atoms with Gasteiger partial charge in [0.2, 0.25) is 0 Å². The molecule has 0 bridgehead atoms. The van der Waals surface area contributed by atoms with Crippen LogP contribution in [0.15, 0.2) is 121 Å². The molecule has 6 aromatic rings. The zero-order valence-corrected chi connectivity index (χ0v) is 42.4. The summed E-state index contributed by atoms with van der Waals surface area (Å²) in [6.07, 6.45) is 4.30. The van der Waals surface area contributed by atoms with Crippen molar-refractivity contribution in [3.63, 3.8) is 0 Å². The molecule has 6 aromatic carbocycles. The first-order valence-electron chi connectivity index (χ1n) is 20.5. The molecule has 8 rings (SSSR count). The molecule has 2 aliphatic heterocycles. The lowest BCUT2D eigenvalue weighted by Crippen LogP contribution is -2.51. The first-order chi connectivity index (χ1) is 26.9. The van der Waals surface area contributed by atoms with E-state index in [2.05, 4.69) is 187 Å². The van der Waals surface area contributed by atoms with Gasteiger partial charge >= 0.3 is 0 Å². The van der Waals surface area contributed by atoms with Gasteiger partial charge in [0.1, 0.15) is 0 Å². The molecule has 0 radical (unpaired) electrons. The fourth-order valence-electron chi connectivity index (χ4n) is 9.76. The lowest BCUT2D eigenvalue weighted by Gasteiger charge is -2.44. The molecule has 0 saturated carbocycles. The summed E-state index contributed by atoms with van der Waals surface area (Å²) in [5.74, 6) is 0. The van der Waals surface area contributed by atoms with E-state index < -0.39 is 15.8 Å². The van der Waals surface area contributed by atoms with Gasteiger partial charge in [0.05, 0.1) is 12.1 Å². The van der Waals surface area contributed by atoms with E-state index in [9.17, 15) is 0 Å². The Morgan fingerprint density at radius 1 is 0.383 bits per heavy atom. The summed E-state index contributed by atoms with van der Waals surface area (Å²) in [6, 6.07) is 48.5. The molecular formula is C52H66N2P2S4. The first-order valence-corrected chi connectivity index (χ1v) is 23.6. The summed E-state index contributed by atoms with van der Waals surface area (Å²) in [5.41, 5.74) is 16.7. The second-order valence-corrected chi connectivity index (χ2v) is 21.6. The normalized spacial score (nSPS) is 18.0. The molecular weight excluding hydrogens is 843 g/mol. The van der Waals surface area contributed by atoms with Crippen molar-refractivity contribution in [1.82, 2.24) is 10.6 Å². The fraction of sp³-hybridized carbons (Fsp3) is 0.308. The topological polar surface area (TPSA) is 24.1 Å². The standard InChI is InChI=1S/C52H58N2P2.4H2S/c1-33-17-34(2)22-45(21-33)55(46-23-35(3)18-36(4)24-46)31-43-29-41-13-9-11-15-49(41)51(53-43)52-50-16-12-10-14-42(50)30-44(54-52)32-56(47-25-37(5)19-38(6)26-47)48-27-39(7)20-40(8)28-48;;;;/h9-28,43-44,51-54H,29-32H2,1-8H3;4*1H2/t43-,44-,51-,52-;;;;/m0..../s1. The van der Waals surface area contributed by atoms with Crippen molar-refractivity contribution in [1.29, 1.82) is 0 Å². The quantitative estimate of drug-likeness (QED) is 0.141. The van der Waals surface area contributed by atoms with Crippen LogP contribution in [-0.2, 0) is 12.8 Å². The Morgan fingerprint density at radius 3 is 0.900 bits per heavy atom. The number of hydrogen-bond donors (Lipinski definition) is 2. The maximum atomic E-state index is 4.37. The number of hydrogen-bond acceptors (Lipinski definition) is 2. The smallest absolute Gasteiger partial charge is 0.0523 e. The molecule has 0 amide bonds. The van der Waals surface area contributed by atoms with Crippen LogP contribution in [0.5, 0.6) is 0 Å². The third-order valence-electron chi connectivity index (χ3n) is 11.8. The van der Waals surface area contributed by atoms with E-state index in [1.807, 2.05) is 0 Å². The summed E-state index contributed by atoms with van der Waals surface area (Å²) in [6.45, 7) is 18.0. The van der Waals surface area contributed by atoms with Gasteiger partial charge in [-0.15, -0.1) is 0 Å². The molecule has 0 fully saturated rings. The highest BCUT2D eigenvalue weighted by Crippen LogP contribution is 2.44. The number of benzene rings is 6. The molecule has 0 saturated heterocycles. The van der Waals surface area contributed by atoms with Crippen molar-refractivity contribution >= 4 is 91.0 Å². The third kappa shape index (κ3) is 11.5. The predicted molar refractivity (Wildman–Crippen MR) is 287 cm³/mol. The minimum atomic E-state index is -0.580. The average Bonchev–Trinajstić information content (AvgIpc) is 3.13. The SMILES string of the molecule is Cc1cc(C)cc(P(C[C@@H]2Cc3ccccc3[C@@H]([C@H]3N[C@H](CP(c4cc(C)cc(C)c4)c4cc(C)cc(C)c4)Cc4ccccc43)N2)c2cc(C)cc(C)c2)c1.S.S.S.S. The van der Waals surface area contributed by atoms with Crippen molar-refractivity contribution in [2.45, 2.75) is 92.4 Å². The Balaban J connectivity index is 0.00000198. The van der Waals surface area contributed by atoms with Gasteiger partial charge in [-0.2, -0.15) is 54.0 Å². The van der Waals surface area contributed by atoms with Crippen LogP contribution in [0.2, 0.25) is 0 Å². The molecule has 2 aliphatic rings. The van der Waals surface area contributed by atoms with Crippen LogP contribution in [0, 0.1) is 55.4 Å². The van der Waals surface area contributed by atoms with E-state index in [0.29, 0.717) is 12.1 Å².